The Bertz CT molecular complexity index is 763. The van der Waals surface area contributed by atoms with Crippen molar-refractivity contribution in [2.45, 2.75) is 58.1 Å². The van der Waals surface area contributed by atoms with Crippen LogP contribution in [0.5, 0.6) is 5.75 Å². The van der Waals surface area contributed by atoms with Gasteiger partial charge in [-0.3, -0.25) is 9.59 Å². The number of hydrogen-bond acceptors (Lipinski definition) is 5. The van der Waals surface area contributed by atoms with Crippen molar-refractivity contribution in [1.29, 1.82) is 0 Å². The van der Waals surface area contributed by atoms with Crippen LogP contribution >= 0.6 is 0 Å². The van der Waals surface area contributed by atoms with Crippen LogP contribution in [-0.2, 0) is 9.53 Å². The molecule has 31 heavy (non-hydrogen) atoms. The molecule has 0 radical (unpaired) electrons. The van der Waals surface area contributed by atoms with E-state index in [0.717, 1.165) is 32.2 Å². The summed E-state index contributed by atoms with van der Waals surface area (Å²) in [5.74, 6) is 0.757. The van der Waals surface area contributed by atoms with Crippen LogP contribution in [-0.4, -0.2) is 62.7 Å². The Morgan fingerprint density at radius 2 is 1.97 bits per heavy atom. The van der Waals surface area contributed by atoms with E-state index in [1.807, 2.05) is 0 Å². The first kappa shape index (κ1) is 23.5. The Kier molecular flexibility index (Phi) is 8.32. The second kappa shape index (κ2) is 11.0. The molecule has 3 rings (SSSR count). The van der Waals surface area contributed by atoms with Gasteiger partial charge >= 0.3 is 0 Å². The third-order valence-corrected chi connectivity index (χ3v) is 6.47. The molecular formula is C24H37N3O4. The molecule has 1 fully saturated rings. The Morgan fingerprint density at radius 1 is 1.23 bits per heavy atom. The lowest BCUT2D eigenvalue weighted by atomic mass is 9.88. The minimum Gasteiger partial charge on any atom is -0.491 e. The van der Waals surface area contributed by atoms with Gasteiger partial charge in [-0.2, -0.15) is 0 Å². The number of nitrogens with zero attached hydrogens (tertiary/aromatic N) is 1. The molecule has 7 heteroatoms. The summed E-state index contributed by atoms with van der Waals surface area (Å²) < 4.78 is 11.7. The standard InChI is InChI=1S/C24H37N3O4/c1-16-13-25-17(2)15-31-21-12-19(26-23(28)18-8-6-5-7-9-18)10-11-20(21)24(29)27(3)14-22(16)30-4/h10-12,16-18,22,25H,5-9,13-15H2,1-4H3,(H,26,28)/t16-,17-,22-/m0/s1. The van der Waals surface area contributed by atoms with Crippen molar-refractivity contribution < 1.29 is 19.1 Å². The summed E-state index contributed by atoms with van der Waals surface area (Å²) in [7, 11) is 3.47. The van der Waals surface area contributed by atoms with Gasteiger partial charge in [-0.05, 0) is 37.8 Å². The second-order valence-electron chi connectivity index (χ2n) is 9.09. The monoisotopic (exact) mass is 431 g/mol. The van der Waals surface area contributed by atoms with Gasteiger partial charge in [0.05, 0.1) is 11.7 Å². The van der Waals surface area contributed by atoms with Crippen molar-refractivity contribution in [1.82, 2.24) is 10.2 Å². The van der Waals surface area contributed by atoms with Crippen molar-refractivity contribution in [2.24, 2.45) is 11.8 Å². The molecule has 1 aliphatic heterocycles. The van der Waals surface area contributed by atoms with Crippen molar-refractivity contribution in [3.8, 4) is 5.75 Å². The van der Waals surface area contributed by atoms with Gasteiger partial charge in [0, 0.05) is 51.0 Å². The van der Waals surface area contributed by atoms with Gasteiger partial charge in [0.2, 0.25) is 5.91 Å². The minimum absolute atomic E-state index is 0.0585. The summed E-state index contributed by atoms with van der Waals surface area (Å²) in [4.78, 5) is 27.5. The van der Waals surface area contributed by atoms with Gasteiger partial charge in [0.15, 0.2) is 0 Å². The van der Waals surface area contributed by atoms with Crippen molar-refractivity contribution in [3.63, 3.8) is 0 Å². The molecule has 2 aliphatic rings. The van der Waals surface area contributed by atoms with Crippen molar-refractivity contribution in [3.05, 3.63) is 23.8 Å². The van der Waals surface area contributed by atoms with Gasteiger partial charge in [-0.25, -0.2) is 0 Å². The lowest BCUT2D eigenvalue weighted by Crippen LogP contribution is -2.44. The molecule has 0 unspecified atom stereocenters. The molecule has 1 saturated carbocycles. The maximum Gasteiger partial charge on any atom is 0.257 e. The second-order valence-corrected chi connectivity index (χ2v) is 9.09. The van der Waals surface area contributed by atoms with Crippen molar-refractivity contribution in [2.75, 3.05) is 39.2 Å². The topological polar surface area (TPSA) is 79.9 Å². The summed E-state index contributed by atoms with van der Waals surface area (Å²) in [6.45, 7) is 5.87. The molecule has 1 aromatic carbocycles. The highest BCUT2D eigenvalue weighted by Gasteiger charge is 2.26. The predicted octanol–water partition coefficient (Wildman–Crippen LogP) is 3.30. The molecule has 172 valence electrons. The lowest BCUT2D eigenvalue weighted by molar-refractivity contribution is -0.120. The first-order chi connectivity index (χ1) is 14.9. The number of benzene rings is 1. The SMILES string of the molecule is CO[C@H]1CN(C)C(=O)c2ccc(NC(=O)C3CCCCC3)cc2OC[C@H](C)NC[C@@H]1C. The zero-order valence-corrected chi connectivity index (χ0v) is 19.3. The van der Waals surface area contributed by atoms with Crippen LogP contribution in [0, 0.1) is 11.8 Å². The van der Waals surface area contributed by atoms with Gasteiger partial charge in [-0.1, -0.05) is 26.2 Å². The summed E-state index contributed by atoms with van der Waals surface area (Å²) in [5.41, 5.74) is 1.16. The van der Waals surface area contributed by atoms with Gasteiger partial charge < -0.3 is 25.0 Å². The van der Waals surface area contributed by atoms with E-state index in [4.69, 9.17) is 9.47 Å². The number of likely N-dealkylation sites (N-methyl/N-ethyl adjacent to an activating group) is 1. The summed E-state index contributed by atoms with van der Waals surface area (Å²) in [6.07, 6.45) is 5.25. The molecule has 1 aliphatic carbocycles. The van der Waals surface area contributed by atoms with Crippen LogP contribution in [0.2, 0.25) is 0 Å². The zero-order valence-electron chi connectivity index (χ0n) is 19.3. The normalized spacial score (nSPS) is 26.3. The van der Waals surface area contributed by atoms with Crippen LogP contribution in [0.4, 0.5) is 5.69 Å². The Balaban J connectivity index is 1.81. The molecule has 0 saturated heterocycles. The molecule has 2 amide bonds. The number of ether oxygens (including phenoxy) is 2. The van der Waals surface area contributed by atoms with E-state index in [1.165, 1.54) is 6.42 Å². The number of carbonyl (C=O) groups is 2. The van der Waals surface area contributed by atoms with Crippen molar-refractivity contribution >= 4 is 17.5 Å². The first-order valence-electron chi connectivity index (χ1n) is 11.5. The maximum atomic E-state index is 13.2. The molecule has 0 aromatic heterocycles. The molecule has 0 bridgehead atoms. The molecule has 2 N–H and O–H groups in total. The lowest BCUT2D eigenvalue weighted by Gasteiger charge is -2.30. The van der Waals surface area contributed by atoms with Crippen LogP contribution in [0.1, 0.15) is 56.3 Å². The first-order valence-corrected chi connectivity index (χ1v) is 11.5. The van der Waals surface area contributed by atoms with E-state index >= 15 is 0 Å². The Labute approximate surface area is 185 Å². The van der Waals surface area contributed by atoms with Gasteiger partial charge in [0.25, 0.3) is 5.91 Å². The smallest absolute Gasteiger partial charge is 0.257 e. The number of rotatable bonds is 3. The largest absolute Gasteiger partial charge is 0.491 e. The number of methoxy groups -OCH3 is 1. The predicted molar refractivity (Wildman–Crippen MR) is 122 cm³/mol. The molecule has 1 aromatic rings. The van der Waals surface area contributed by atoms with Crippen LogP contribution < -0.4 is 15.4 Å². The van der Waals surface area contributed by atoms with E-state index in [-0.39, 0.29) is 35.8 Å². The number of hydrogen-bond donors (Lipinski definition) is 2. The number of anilines is 1. The third-order valence-electron chi connectivity index (χ3n) is 6.47. The fourth-order valence-corrected chi connectivity index (χ4v) is 4.34. The summed E-state index contributed by atoms with van der Waals surface area (Å²) in [6, 6.07) is 5.43. The highest BCUT2D eigenvalue weighted by Crippen LogP contribution is 2.28. The number of fused-ring (bicyclic) bond motifs is 1. The Morgan fingerprint density at radius 3 is 2.68 bits per heavy atom. The quantitative estimate of drug-likeness (QED) is 0.768. The number of carbonyl (C=O) groups excluding carboxylic acids is 2. The third kappa shape index (κ3) is 6.20. The molecule has 1 heterocycles. The van der Waals surface area contributed by atoms with E-state index < -0.39 is 0 Å². The van der Waals surface area contributed by atoms with E-state index in [0.29, 0.717) is 30.2 Å². The summed E-state index contributed by atoms with van der Waals surface area (Å²) >= 11 is 0. The zero-order chi connectivity index (χ0) is 22.4. The maximum absolute atomic E-state index is 13.2. The van der Waals surface area contributed by atoms with Gasteiger partial charge in [-0.15, -0.1) is 0 Å². The molecule has 7 nitrogen and oxygen atoms in total. The van der Waals surface area contributed by atoms with E-state index in [1.54, 1.807) is 37.3 Å². The van der Waals surface area contributed by atoms with E-state index in [9.17, 15) is 9.59 Å². The van der Waals surface area contributed by atoms with Crippen LogP contribution in [0.3, 0.4) is 0 Å². The summed E-state index contributed by atoms with van der Waals surface area (Å²) in [5, 5.41) is 6.51. The van der Waals surface area contributed by atoms with Crippen LogP contribution in [0.25, 0.3) is 0 Å². The molecular weight excluding hydrogens is 394 g/mol. The van der Waals surface area contributed by atoms with Gasteiger partial charge in [0.1, 0.15) is 12.4 Å². The molecule has 0 spiro atoms. The number of nitrogens with one attached hydrogen (secondary N) is 2. The average molecular weight is 432 g/mol. The average Bonchev–Trinajstić information content (AvgIpc) is 2.79. The number of amides is 2. The fourth-order valence-electron chi connectivity index (χ4n) is 4.34. The van der Waals surface area contributed by atoms with E-state index in [2.05, 4.69) is 24.5 Å². The highest BCUT2D eigenvalue weighted by molar-refractivity contribution is 5.98. The highest BCUT2D eigenvalue weighted by atomic mass is 16.5. The molecule has 3 atom stereocenters. The van der Waals surface area contributed by atoms with Crippen LogP contribution in [0.15, 0.2) is 18.2 Å². The minimum atomic E-state index is -0.115. The fraction of sp³-hybridized carbons (Fsp3) is 0.667. The Hall–Kier alpha value is -2.12.